The molecule has 2 heterocycles. The summed E-state index contributed by atoms with van der Waals surface area (Å²) in [6, 6.07) is 31.3. The van der Waals surface area contributed by atoms with Crippen LogP contribution in [-0.4, -0.2) is 69.5 Å². The largest absolute Gasteiger partial charge is 0.494 e. The maximum absolute atomic E-state index is 14.2. The highest BCUT2D eigenvalue weighted by Gasteiger charge is 2.41. The minimum atomic E-state index is -0.644. The van der Waals surface area contributed by atoms with Gasteiger partial charge < -0.3 is 24.1 Å². The summed E-state index contributed by atoms with van der Waals surface area (Å²) in [7, 11) is 0. The number of aromatic nitrogens is 2. The molecule has 5 aromatic rings. The van der Waals surface area contributed by atoms with E-state index in [1.165, 1.54) is 49.3 Å². The molecular formula is C53H54N4O10S2. The number of aromatic hydroxyl groups is 1. The Morgan fingerprint density at radius 2 is 1.03 bits per heavy atom. The molecule has 0 saturated carbocycles. The molecule has 69 heavy (non-hydrogen) atoms. The Morgan fingerprint density at radius 1 is 0.565 bits per heavy atom. The zero-order valence-corrected chi connectivity index (χ0v) is 40.1. The lowest BCUT2D eigenvalue weighted by Crippen LogP contribution is -2.57. The zero-order chi connectivity index (χ0) is 49.1. The average Bonchev–Trinajstić information content (AvgIpc) is 3.34. The zero-order valence-electron chi connectivity index (χ0n) is 38.5. The summed E-state index contributed by atoms with van der Waals surface area (Å²) in [4.78, 5) is 68.2. The second-order valence-corrected chi connectivity index (χ2v) is 16.2. The van der Waals surface area contributed by atoms with Crippen molar-refractivity contribution in [2.75, 3.05) is 36.2 Å². The van der Waals surface area contributed by atoms with Crippen LogP contribution in [0.5, 0.6) is 17.4 Å². The van der Waals surface area contributed by atoms with E-state index in [4.69, 9.17) is 43.4 Å². The lowest BCUT2D eigenvalue weighted by molar-refractivity contribution is -0.144. The highest BCUT2D eigenvalue weighted by molar-refractivity contribution is 7.81. The van der Waals surface area contributed by atoms with Crippen LogP contribution in [0.4, 0.5) is 11.4 Å². The third-order valence-electron chi connectivity index (χ3n) is 10.7. The highest BCUT2D eigenvalue weighted by Crippen LogP contribution is 2.31. The van der Waals surface area contributed by atoms with Crippen molar-refractivity contribution in [1.82, 2.24) is 9.13 Å². The fourth-order valence-electron chi connectivity index (χ4n) is 7.27. The molecule has 2 amide bonds. The fraction of sp³-hybridized carbons (Fsp3) is 0.264. The molecule has 0 aliphatic carbocycles. The first-order valence-corrected chi connectivity index (χ1v) is 23.6. The number of rotatable bonds is 23. The standard InChI is InChI=1S/C53H54N4O10S2/c1-3-64-46(58)26-16-8-18-36-66-42-32-28-40(29-33-42)56-50(62)44(48(60)54(52(56)68)38-20-10-5-11-21-38)24-14-7-15-25-45-49(61)55(39-22-12-6-13-23-39)53(69)57(51(45)63)41-30-34-43(35-31-41)67-37-19-9-17-27-47(59)65-4-2/h5-7,10-15,20-25,28-35,60H,3-4,8-9,16-19,26-27,36-37H2,1-2H3/b15-7+,24-14+,45-25+. The van der Waals surface area contributed by atoms with E-state index in [0.717, 1.165) is 25.7 Å². The molecule has 0 radical (unpaired) electrons. The first-order valence-electron chi connectivity index (χ1n) is 22.8. The number of hydrogen-bond acceptors (Lipinski definition) is 12. The van der Waals surface area contributed by atoms with E-state index in [9.17, 15) is 29.1 Å². The Bertz CT molecular complexity index is 2800. The number of carbonyl (C=O) groups excluding carboxylic acids is 4. The molecule has 1 fully saturated rings. The topological polar surface area (TPSA) is 159 Å². The molecule has 0 bridgehead atoms. The van der Waals surface area contributed by atoms with Crippen LogP contribution in [0.1, 0.15) is 70.8 Å². The average molecular weight is 971 g/mol. The number of para-hydroxylation sites is 2. The van der Waals surface area contributed by atoms with Gasteiger partial charge in [-0.1, -0.05) is 54.6 Å². The van der Waals surface area contributed by atoms with Crippen LogP contribution in [0, 0.1) is 4.77 Å². The van der Waals surface area contributed by atoms with E-state index in [0.29, 0.717) is 86.4 Å². The van der Waals surface area contributed by atoms with Gasteiger partial charge in [-0.3, -0.25) is 42.9 Å². The summed E-state index contributed by atoms with van der Waals surface area (Å²) in [6.45, 7) is 5.16. The lowest BCUT2D eigenvalue weighted by atomic mass is 10.1. The maximum atomic E-state index is 14.2. The van der Waals surface area contributed by atoms with Gasteiger partial charge in [-0.2, -0.15) is 0 Å². The minimum absolute atomic E-state index is 0.0257. The quantitative estimate of drug-likeness (QED) is 0.0165. The number of amides is 2. The summed E-state index contributed by atoms with van der Waals surface area (Å²) < 4.78 is 24.5. The van der Waals surface area contributed by atoms with Gasteiger partial charge in [0, 0.05) is 12.8 Å². The third-order valence-corrected chi connectivity index (χ3v) is 11.4. The first kappa shape index (κ1) is 51.0. The van der Waals surface area contributed by atoms with Crippen molar-refractivity contribution in [1.29, 1.82) is 0 Å². The highest BCUT2D eigenvalue weighted by atomic mass is 32.1. The van der Waals surface area contributed by atoms with E-state index in [-0.39, 0.29) is 38.8 Å². The van der Waals surface area contributed by atoms with Crippen LogP contribution in [-0.2, 0) is 28.7 Å². The molecule has 0 spiro atoms. The molecule has 0 unspecified atom stereocenters. The first-order chi connectivity index (χ1) is 33.5. The van der Waals surface area contributed by atoms with Crippen LogP contribution >= 0.6 is 24.4 Å². The van der Waals surface area contributed by atoms with Gasteiger partial charge in [0.1, 0.15) is 22.6 Å². The van der Waals surface area contributed by atoms with Gasteiger partial charge in [0.25, 0.3) is 17.4 Å². The fourth-order valence-corrected chi connectivity index (χ4v) is 8.03. The minimum Gasteiger partial charge on any atom is -0.494 e. The molecular weight excluding hydrogens is 917 g/mol. The molecule has 1 aliphatic heterocycles. The number of allylic oxidation sites excluding steroid dienone is 4. The summed E-state index contributed by atoms with van der Waals surface area (Å²) in [5.41, 5.74) is 0.995. The Labute approximate surface area is 411 Å². The number of nitrogens with zero attached hydrogens (tertiary/aromatic N) is 4. The summed E-state index contributed by atoms with van der Waals surface area (Å²) in [5.74, 6) is -0.919. The molecule has 358 valence electrons. The van der Waals surface area contributed by atoms with Crippen LogP contribution in [0.25, 0.3) is 17.5 Å². The Balaban J connectivity index is 1.21. The van der Waals surface area contributed by atoms with Crippen molar-refractivity contribution < 1.29 is 43.2 Å². The molecule has 6 rings (SSSR count). The predicted molar refractivity (Wildman–Crippen MR) is 272 cm³/mol. The molecule has 0 atom stereocenters. The molecule has 1 saturated heterocycles. The third kappa shape index (κ3) is 13.4. The number of carbonyl (C=O) groups is 4. The number of hydrogen-bond donors (Lipinski definition) is 1. The smallest absolute Gasteiger partial charge is 0.305 e. The maximum Gasteiger partial charge on any atom is 0.305 e. The molecule has 1 aromatic heterocycles. The van der Waals surface area contributed by atoms with Crippen molar-refractivity contribution >= 4 is 70.8 Å². The number of anilines is 2. The van der Waals surface area contributed by atoms with Gasteiger partial charge in [0.15, 0.2) is 9.88 Å². The SMILES string of the molecule is CCOC(=O)CCCCCOc1ccc(N2C(=O)/C(=C/C=C/C=C/c3c(O)n(-c4ccccc4)c(=S)n(-c4ccc(OCCCCCC(=O)OCC)cc4)c3=O)C(=O)N(c3ccccc3)C2=S)cc1. The Hall–Kier alpha value is -7.43. The van der Waals surface area contributed by atoms with E-state index in [1.54, 1.807) is 117 Å². The van der Waals surface area contributed by atoms with Crippen LogP contribution in [0.3, 0.4) is 0 Å². The van der Waals surface area contributed by atoms with Crippen molar-refractivity contribution in [3.8, 4) is 28.8 Å². The summed E-state index contributed by atoms with van der Waals surface area (Å²) in [5, 5.41) is 11.6. The number of ether oxygens (including phenoxy) is 4. The molecule has 1 aliphatic rings. The normalized spacial score (nSPS) is 13.4. The Morgan fingerprint density at radius 3 is 1.54 bits per heavy atom. The van der Waals surface area contributed by atoms with E-state index < -0.39 is 17.4 Å². The van der Waals surface area contributed by atoms with E-state index >= 15 is 0 Å². The van der Waals surface area contributed by atoms with Gasteiger partial charge in [-0.05, 0) is 162 Å². The van der Waals surface area contributed by atoms with Crippen LogP contribution in [0.2, 0.25) is 0 Å². The summed E-state index contributed by atoms with van der Waals surface area (Å²) >= 11 is 11.6. The van der Waals surface area contributed by atoms with Crippen LogP contribution in [0.15, 0.2) is 144 Å². The molecule has 4 aromatic carbocycles. The number of benzene rings is 4. The van der Waals surface area contributed by atoms with Crippen molar-refractivity contribution in [3.05, 3.63) is 160 Å². The van der Waals surface area contributed by atoms with Gasteiger partial charge in [-0.15, -0.1) is 0 Å². The monoisotopic (exact) mass is 970 g/mol. The number of thiocarbonyl (C=S) groups is 1. The second-order valence-electron chi connectivity index (χ2n) is 15.5. The predicted octanol–water partition coefficient (Wildman–Crippen LogP) is 9.93. The van der Waals surface area contributed by atoms with E-state index in [2.05, 4.69) is 0 Å². The number of esters is 2. The van der Waals surface area contributed by atoms with Gasteiger partial charge in [-0.25, -0.2) is 0 Å². The van der Waals surface area contributed by atoms with Gasteiger partial charge >= 0.3 is 11.9 Å². The van der Waals surface area contributed by atoms with Gasteiger partial charge in [0.2, 0.25) is 5.88 Å². The second kappa shape index (κ2) is 25.6. The molecule has 14 nitrogen and oxygen atoms in total. The van der Waals surface area contributed by atoms with Crippen molar-refractivity contribution in [3.63, 3.8) is 0 Å². The number of unbranched alkanes of at least 4 members (excludes halogenated alkanes) is 4. The van der Waals surface area contributed by atoms with Crippen LogP contribution < -0.4 is 24.8 Å². The van der Waals surface area contributed by atoms with Gasteiger partial charge in [0.05, 0.1) is 49.2 Å². The van der Waals surface area contributed by atoms with Crippen molar-refractivity contribution in [2.45, 2.75) is 65.2 Å². The lowest BCUT2D eigenvalue weighted by Gasteiger charge is -2.36. The van der Waals surface area contributed by atoms with Crippen molar-refractivity contribution in [2.24, 2.45) is 0 Å². The molecule has 1 N–H and O–H groups in total. The Kier molecular flexibility index (Phi) is 18.9. The summed E-state index contributed by atoms with van der Waals surface area (Å²) in [6.07, 6.45) is 12.5. The van der Waals surface area contributed by atoms with E-state index in [1.807, 2.05) is 6.07 Å². The molecule has 16 heteroatoms.